The summed E-state index contributed by atoms with van der Waals surface area (Å²) in [5.41, 5.74) is 0.460. The molecule has 0 aromatic carbocycles. The Morgan fingerprint density at radius 2 is 1.67 bits per heavy atom. The third kappa shape index (κ3) is 5.62. The van der Waals surface area contributed by atoms with Crippen LogP contribution in [0.1, 0.15) is 54.4 Å². The van der Waals surface area contributed by atoms with Crippen LogP contribution < -0.4 is 0 Å². The van der Waals surface area contributed by atoms with E-state index in [1.54, 1.807) is 0 Å². The first kappa shape index (κ1) is 12.0. The summed E-state index contributed by atoms with van der Waals surface area (Å²) in [5.74, 6) is 1.61. The second-order valence-electron chi connectivity index (χ2n) is 5.25. The van der Waals surface area contributed by atoms with Crippen molar-refractivity contribution < 1.29 is 0 Å². The van der Waals surface area contributed by atoms with Crippen molar-refractivity contribution in [1.29, 1.82) is 0 Å². The van der Waals surface area contributed by atoms with Crippen molar-refractivity contribution in [3.63, 3.8) is 0 Å². The van der Waals surface area contributed by atoms with Crippen molar-refractivity contribution in [1.82, 2.24) is 0 Å². The van der Waals surface area contributed by atoms with E-state index in [-0.39, 0.29) is 0 Å². The van der Waals surface area contributed by atoms with E-state index in [0.717, 1.165) is 11.8 Å². The fraction of sp³-hybridized carbons (Fsp3) is 0.917. The topological polar surface area (TPSA) is 0 Å². The Bertz CT molecular complexity index is 108. The number of hydrogen-bond acceptors (Lipinski definition) is 0. The molecular weight excluding hydrogens is 144 g/mol. The predicted octanol–water partition coefficient (Wildman–Crippen LogP) is 4.31. The summed E-state index contributed by atoms with van der Waals surface area (Å²) in [6.45, 7) is 13.8. The van der Waals surface area contributed by atoms with E-state index in [1.165, 1.54) is 12.8 Å². The fourth-order valence-electron chi connectivity index (χ4n) is 1.14. The maximum atomic E-state index is 2.48. The maximum absolute atomic E-state index is 2.48. The summed E-state index contributed by atoms with van der Waals surface area (Å²) >= 11 is 0. The monoisotopic (exact) mass is 169 g/mol. The summed E-state index contributed by atoms with van der Waals surface area (Å²) in [6.07, 6.45) is 5.01. The Kier molecular flexibility index (Phi) is 4.89. The van der Waals surface area contributed by atoms with E-state index < -0.39 is 0 Å². The van der Waals surface area contributed by atoms with Crippen LogP contribution in [0.5, 0.6) is 0 Å². The second kappa shape index (κ2) is 4.89. The molecule has 0 aromatic heterocycles. The van der Waals surface area contributed by atoms with Gasteiger partial charge in [0, 0.05) is 0 Å². The van der Waals surface area contributed by atoms with Gasteiger partial charge in [-0.05, 0) is 30.1 Å². The van der Waals surface area contributed by atoms with E-state index in [1.807, 2.05) is 0 Å². The van der Waals surface area contributed by atoms with Crippen LogP contribution in [0.3, 0.4) is 0 Å². The second-order valence-corrected chi connectivity index (χ2v) is 5.25. The van der Waals surface area contributed by atoms with Crippen LogP contribution in [0.2, 0.25) is 0 Å². The van der Waals surface area contributed by atoms with Gasteiger partial charge in [-0.15, -0.1) is 0 Å². The van der Waals surface area contributed by atoms with Crippen LogP contribution in [0.25, 0.3) is 0 Å². The average molecular weight is 169 g/mol. The van der Waals surface area contributed by atoms with Gasteiger partial charge < -0.3 is 0 Å². The molecule has 0 spiro atoms. The summed E-state index contributed by atoms with van der Waals surface area (Å²) < 4.78 is 0. The SMILES string of the molecule is CCC(C)C(C)[CH]CC(C)(C)C. The molecule has 0 fully saturated rings. The van der Waals surface area contributed by atoms with Gasteiger partial charge >= 0.3 is 0 Å². The molecule has 0 aliphatic heterocycles. The van der Waals surface area contributed by atoms with Crippen LogP contribution in [0, 0.1) is 23.7 Å². The van der Waals surface area contributed by atoms with Crippen molar-refractivity contribution in [2.24, 2.45) is 17.3 Å². The molecule has 1 radical (unpaired) electrons. The first-order chi connectivity index (χ1) is 5.37. The highest BCUT2D eigenvalue weighted by Gasteiger charge is 2.15. The molecule has 0 amide bonds. The van der Waals surface area contributed by atoms with Crippen molar-refractivity contribution in [3.8, 4) is 0 Å². The highest BCUT2D eigenvalue weighted by atomic mass is 14.2. The van der Waals surface area contributed by atoms with E-state index in [2.05, 4.69) is 48.0 Å². The maximum Gasteiger partial charge on any atom is -0.0350 e. The van der Waals surface area contributed by atoms with Crippen LogP contribution in [0.15, 0.2) is 0 Å². The molecular formula is C12H25. The summed E-state index contributed by atoms with van der Waals surface area (Å²) in [5, 5.41) is 0. The lowest BCUT2D eigenvalue weighted by atomic mass is 9.82. The smallest absolute Gasteiger partial charge is 0.0350 e. The molecule has 0 aliphatic carbocycles. The Morgan fingerprint density at radius 1 is 1.17 bits per heavy atom. The minimum atomic E-state index is 0.460. The van der Waals surface area contributed by atoms with E-state index in [4.69, 9.17) is 0 Å². The minimum Gasteiger partial charge on any atom is -0.0651 e. The van der Waals surface area contributed by atoms with Crippen molar-refractivity contribution in [3.05, 3.63) is 6.42 Å². The van der Waals surface area contributed by atoms with Crippen LogP contribution in [0.4, 0.5) is 0 Å². The molecule has 0 heteroatoms. The number of hydrogen-bond donors (Lipinski definition) is 0. The molecule has 0 saturated carbocycles. The standard InChI is InChI=1S/C12H25/c1-7-10(2)11(3)8-9-12(4,5)6/h8,10-11H,7,9H2,1-6H3. The lowest BCUT2D eigenvalue weighted by molar-refractivity contribution is 0.346. The molecule has 0 N–H and O–H groups in total. The Morgan fingerprint density at radius 3 is 2.00 bits per heavy atom. The van der Waals surface area contributed by atoms with Gasteiger partial charge in [-0.3, -0.25) is 0 Å². The molecule has 0 aromatic rings. The van der Waals surface area contributed by atoms with E-state index in [9.17, 15) is 0 Å². The Hall–Kier alpha value is 0. The number of rotatable bonds is 4. The zero-order valence-electron chi connectivity index (χ0n) is 9.65. The fourth-order valence-corrected chi connectivity index (χ4v) is 1.14. The van der Waals surface area contributed by atoms with Crippen molar-refractivity contribution >= 4 is 0 Å². The van der Waals surface area contributed by atoms with E-state index >= 15 is 0 Å². The molecule has 2 atom stereocenters. The van der Waals surface area contributed by atoms with Crippen LogP contribution in [-0.4, -0.2) is 0 Å². The zero-order chi connectivity index (χ0) is 9.78. The molecule has 2 unspecified atom stereocenters. The van der Waals surface area contributed by atoms with Gasteiger partial charge in [0.25, 0.3) is 0 Å². The van der Waals surface area contributed by atoms with Crippen LogP contribution in [-0.2, 0) is 0 Å². The third-order valence-electron chi connectivity index (χ3n) is 2.64. The molecule has 0 saturated heterocycles. The largest absolute Gasteiger partial charge is 0.0651 e. The van der Waals surface area contributed by atoms with Gasteiger partial charge in [0.05, 0.1) is 0 Å². The van der Waals surface area contributed by atoms with Crippen molar-refractivity contribution in [2.45, 2.75) is 54.4 Å². The third-order valence-corrected chi connectivity index (χ3v) is 2.64. The lowest BCUT2D eigenvalue weighted by Gasteiger charge is -2.23. The zero-order valence-corrected chi connectivity index (χ0v) is 9.65. The lowest BCUT2D eigenvalue weighted by Crippen LogP contribution is -2.13. The van der Waals surface area contributed by atoms with Crippen LogP contribution >= 0.6 is 0 Å². The first-order valence-electron chi connectivity index (χ1n) is 5.20. The highest BCUT2D eigenvalue weighted by Crippen LogP contribution is 2.26. The Labute approximate surface area is 78.8 Å². The van der Waals surface area contributed by atoms with Gasteiger partial charge in [-0.2, -0.15) is 0 Å². The Balaban J connectivity index is 3.64. The quantitative estimate of drug-likeness (QED) is 0.588. The van der Waals surface area contributed by atoms with Gasteiger partial charge in [0.15, 0.2) is 0 Å². The van der Waals surface area contributed by atoms with Gasteiger partial charge in [0.1, 0.15) is 0 Å². The molecule has 0 aliphatic rings. The van der Waals surface area contributed by atoms with Gasteiger partial charge in [-0.1, -0.05) is 48.0 Å². The molecule has 0 bridgehead atoms. The first-order valence-corrected chi connectivity index (χ1v) is 5.20. The average Bonchev–Trinajstić information content (AvgIpc) is 1.97. The summed E-state index contributed by atoms with van der Waals surface area (Å²) in [7, 11) is 0. The molecule has 0 nitrogen and oxygen atoms in total. The van der Waals surface area contributed by atoms with Crippen molar-refractivity contribution in [2.75, 3.05) is 0 Å². The summed E-state index contributed by atoms with van der Waals surface area (Å²) in [4.78, 5) is 0. The summed E-state index contributed by atoms with van der Waals surface area (Å²) in [6, 6.07) is 0. The molecule has 0 rings (SSSR count). The normalized spacial score (nSPS) is 17.5. The molecule has 12 heavy (non-hydrogen) atoms. The molecule has 73 valence electrons. The van der Waals surface area contributed by atoms with Gasteiger partial charge in [0.2, 0.25) is 0 Å². The van der Waals surface area contributed by atoms with E-state index in [0.29, 0.717) is 5.41 Å². The predicted molar refractivity (Wildman–Crippen MR) is 57.0 cm³/mol. The van der Waals surface area contributed by atoms with Gasteiger partial charge in [-0.25, -0.2) is 0 Å². The molecule has 0 heterocycles. The highest BCUT2D eigenvalue weighted by molar-refractivity contribution is 4.81. The minimum absolute atomic E-state index is 0.460.